The van der Waals surface area contributed by atoms with Crippen molar-refractivity contribution in [2.24, 2.45) is 0 Å². The lowest BCUT2D eigenvalue weighted by atomic mass is 10.1. The lowest BCUT2D eigenvalue weighted by molar-refractivity contribution is 0.0934. The second-order valence-electron chi connectivity index (χ2n) is 4.86. The van der Waals surface area contributed by atoms with Crippen molar-refractivity contribution in [3.63, 3.8) is 0 Å². The molecule has 0 spiro atoms. The maximum absolute atomic E-state index is 12.2. The van der Waals surface area contributed by atoms with Crippen LogP contribution >= 0.6 is 11.6 Å². The van der Waals surface area contributed by atoms with Crippen molar-refractivity contribution >= 4 is 17.5 Å². The molecule has 104 valence electrons. The van der Waals surface area contributed by atoms with Gasteiger partial charge in [-0.2, -0.15) is 0 Å². The van der Waals surface area contributed by atoms with Gasteiger partial charge in [-0.3, -0.25) is 4.79 Å². The van der Waals surface area contributed by atoms with Crippen molar-refractivity contribution in [1.82, 2.24) is 20.1 Å². The van der Waals surface area contributed by atoms with E-state index >= 15 is 0 Å². The smallest absolute Gasteiger partial charge is 0.289 e. The van der Waals surface area contributed by atoms with Crippen LogP contribution in [0.1, 0.15) is 34.8 Å². The minimum Gasteiger partial charge on any atom is -0.345 e. The van der Waals surface area contributed by atoms with E-state index in [9.17, 15) is 4.79 Å². The summed E-state index contributed by atoms with van der Waals surface area (Å²) >= 11 is 5.83. The summed E-state index contributed by atoms with van der Waals surface area (Å²) in [6.45, 7) is 1.28. The maximum Gasteiger partial charge on any atom is 0.289 e. The molecule has 0 saturated heterocycles. The predicted octanol–water partition coefficient (Wildman–Crippen LogP) is 2.20. The van der Waals surface area contributed by atoms with Crippen LogP contribution in [0.25, 0.3) is 0 Å². The topological polar surface area (TPSA) is 59.8 Å². The van der Waals surface area contributed by atoms with E-state index in [1.165, 1.54) is 0 Å². The van der Waals surface area contributed by atoms with Crippen LogP contribution in [0.4, 0.5) is 0 Å². The lowest BCUT2D eigenvalue weighted by Crippen LogP contribution is -2.27. The molecule has 1 aromatic heterocycles. The Morgan fingerprint density at radius 1 is 1.25 bits per heavy atom. The average Bonchev–Trinajstić information content (AvgIpc) is 2.90. The number of benzene rings is 1. The largest absolute Gasteiger partial charge is 0.345 e. The summed E-state index contributed by atoms with van der Waals surface area (Å²) in [7, 11) is 0. The number of aromatic nitrogens is 3. The zero-order valence-corrected chi connectivity index (χ0v) is 11.7. The number of rotatable bonds is 3. The molecule has 1 N–H and O–H groups in total. The molecule has 1 aliphatic heterocycles. The van der Waals surface area contributed by atoms with Gasteiger partial charge in [0.15, 0.2) is 0 Å². The first-order chi connectivity index (χ1) is 9.74. The highest BCUT2D eigenvalue weighted by Gasteiger charge is 2.20. The second kappa shape index (κ2) is 5.63. The third-order valence-corrected chi connectivity index (χ3v) is 3.68. The lowest BCUT2D eigenvalue weighted by Gasteiger charge is -2.14. The Bertz CT molecular complexity index is 621. The normalized spacial score (nSPS) is 13.8. The van der Waals surface area contributed by atoms with Gasteiger partial charge in [0.1, 0.15) is 5.82 Å². The fraction of sp³-hybridized carbons (Fsp3) is 0.357. The zero-order valence-electron chi connectivity index (χ0n) is 11.0. The number of carbonyl (C=O) groups is 1. The van der Waals surface area contributed by atoms with Gasteiger partial charge < -0.3 is 9.88 Å². The van der Waals surface area contributed by atoms with E-state index in [-0.39, 0.29) is 5.91 Å². The number of fused-ring (bicyclic) bond motifs is 1. The van der Waals surface area contributed by atoms with Crippen molar-refractivity contribution in [1.29, 1.82) is 0 Å². The quantitative estimate of drug-likeness (QED) is 0.943. The van der Waals surface area contributed by atoms with Crippen molar-refractivity contribution in [2.75, 3.05) is 0 Å². The van der Waals surface area contributed by atoms with Gasteiger partial charge in [-0.25, -0.2) is 0 Å². The molecule has 5 nitrogen and oxygen atoms in total. The van der Waals surface area contributed by atoms with Crippen LogP contribution in [0.15, 0.2) is 24.3 Å². The summed E-state index contributed by atoms with van der Waals surface area (Å²) < 4.78 is 1.92. The Hall–Kier alpha value is -1.88. The molecule has 0 aliphatic carbocycles. The first-order valence-electron chi connectivity index (χ1n) is 6.69. The SMILES string of the molecule is O=C(NCc1ccc(Cl)cc1)c1nnc2n1CCCC2. The summed E-state index contributed by atoms with van der Waals surface area (Å²) in [5.41, 5.74) is 1.00. The molecular weight excluding hydrogens is 276 g/mol. The highest BCUT2D eigenvalue weighted by atomic mass is 35.5. The minimum absolute atomic E-state index is 0.180. The number of hydrogen-bond acceptors (Lipinski definition) is 3. The highest BCUT2D eigenvalue weighted by Crippen LogP contribution is 2.14. The fourth-order valence-corrected chi connectivity index (χ4v) is 2.47. The van der Waals surface area contributed by atoms with E-state index in [0.717, 1.165) is 37.2 Å². The van der Waals surface area contributed by atoms with Gasteiger partial charge >= 0.3 is 0 Å². The first-order valence-corrected chi connectivity index (χ1v) is 7.06. The number of nitrogens with zero attached hydrogens (tertiary/aromatic N) is 3. The summed E-state index contributed by atoms with van der Waals surface area (Å²) in [5, 5.41) is 11.6. The second-order valence-corrected chi connectivity index (χ2v) is 5.29. The van der Waals surface area contributed by atoms with Crippen LogP contribution in [0.5, 0.6) is 0 Å². The maximum atomic E-state index is 12.2. The van der Waals surface area contributed by atoms with Crippen molar-refractivity contribution in [2.45, 2.75) is 32.4 Å². The third-order valence-electron chi connectivity index (χ3n) is 3.43. The van der Waals surface area contributed by atoms with E-state index in [4.69, 9.17) is 11.6 Å². The molecule has 20 heavy (non-hydrogen) atoms. The van der Waals surface area contributed by atoms with Gasteiger partial charge in [0.05, 0.1) is 0 Å². The first kappa shape index (κ1) is 13.1. The summed E-state index contributed by atoms with van der Waals surface area (Å²) in [4.78, 5) is 12.2. The van der Waals surface area contributed by atoms with Gasteiger partial charge in [0, 0.05) is 24.5 Å². The van der Waals surface area contributed by atoms with Crippen LogP contribution in [0.2, 0.25) is 5.02 Å². The third kappa shape index (κ3) is 2.67. The van der Waals surface area contributed by atoms with Crippen LogP contribution in [0, 0.1) is 0 Å². The molecule has 2 aromatic rings. The molecule has 6 heteroatoms. The molecule has 1 aromatic carbocycles. The number of nitrogens with one attached hydrogen (secondary N) is 1. The molecule has 3 rings (SSSR count). The van der Waals surface area contributed by atoms with Crippen LogP contribution < -0.4 is 5.32 Å². The Balaban J connectivity index is 1.67. The number of carbonyl (C=O) groups excluding carboxylic acids is 1. The Labute approximate surface area is 122 Å². The summed E-state index contributed by atoms with van der Waals surface area (Å²) in [6, 6.07) is 7.40. The van der Waals surface area contributed by atoms with Gasteiger partial charge in [0.2, 0.25) is 5.82 Å². The van der Waals surface area contributed by atoms with Gasteiger partial charge in [-0.05, 0) is 30.5 Å². The molecular formula is C14H15ClN4O. The summed E-state index contributed by atoms with van der Waals surface area (Å²) in [5.74, 6) is 1.14. The number of aryl methyl sites for hydroxylation is 1. The molecule has 0 radical (unpaired) electrons. The molecule has 1 amide bonds. The molecule has 0 bridgehead atoms. The predicted molar refractivity (Wildman–Crippen MR) is 75.6 cm³/mol. The van der Waals surface area contributed by atoms with Crippen LogP contribution in [-0.2, 0) is 19.5 Å². The van der Waals surface area contributed by atoms with E-state index in [0.29, 0.717) is 17.4 Å². The van der Waals surface area contributed by atoms with Crippen molar-refractivity contribution < 1.29 is 4.79 Å². The molecule has 0 saturated carbocycles. The average molecular weight is 291 g/mol. The van der Waals surface area contributed by atoms with Gasteiger partial charge in [0.25, 0.3) is 5.91 Å². The van der Waals surface area contributed by atoms with E-state index in [1.54, 1.807) is 0 Å². The standard InChI is InChI=1S/C14H15ClN4O/c15-11-6-4-10(5-7-11)9-16-14(20)13-18-17-12-3-1-2-8-19(12)13/h4-7H,1-3,8-9H2,(H,16,20). The highest BCUT2D eigenvalue weighted by molar-refractivity contribution is 6.30. The van der Waals surface area contributed by atoms with Crippen molar-refractivity contribution in [3.05, 3.63) is 46.5 Å². The molecule has 0 atom stereocenters. The van der Waals surface area contributed by atoms with Crippen molar-refractivity contribution in [3.8, 4) is 0 Å². The number of amides is 1. The van der Waals surface area contributed by atoms with Crippen LogP contribution in [-0.4, -0.2) is 20.7 Å². The number of halogens is 1. The fourth-order valence-electron chi connectivity index (χ4n) is 2.34. The van der Waals surface area contributed by atoms with E-state index < -0.39 is 0 Å². The Morgan fingerprint density at radius 3 is 2.85 bits per heavy atom. The van der Waals surface area contributed by atoms with E-state index in [2.05, 4.69) is 15.5 Å². The van der Waals surface area contributed by atoms with E-state index in [1.807, 2.05) is 28.8 Å². The minimum atomic E-state index is -0.180. The summed E-state index contributed by atoms with van der Waals surface area (Å²) in [6.07, 6.45) is 3.09. The van der Waals surface area contributed by atoms with Gasteiger partial charge in [-0.1, -0.05) is 23.7 Å². The number of hydrogen-bond donors (Lipinski definition) is 1. The Morgan fingerprint density at radius 2 is 2.05 bits per heavy atom. The Kier molecular flexibility index (Phi) is 3.69. The van der Waals surface area contributed by atoms with Crippen LogP contribution in [0.3, 0.4) is 0 Å². The molecule has 2 heterocycles. The zero-order chi connectivity index (χ0) is 13.9. The van der Waals surface area contributed by atoms with Gasteiger partial charge in [-0.15, -0.1) is 10.2 Å². The monoisotopic (exact) mass is 290 g/mol. The molecule has 1 aliphatic rings. The molecule has 0 fully saturated rings. The molecule has 0 unspecified atom stereocenters.